The van der Waals surface area contributed by atoms with Gasteiger partial charge in [-0.3, -0.25) is 4.79 Å². The van der Waals surface area contributed by atoms with Gasteiger partial charge in [0.1, 0.15) is 11.1 Å². The first kappa shape index (κ1) is 17.5. The van der Waals surface area contributed by atoms with Crippen molar-refractivity contribution in [2.24, 2.45) is 0 Å². The Morgan fingerprint density at radius 3 is 2.68 bits per heavy atom. The van der Waals surface area contributed by atoms with E-state index in [1.807, 2.05) is 36.4 Å². The van der Waals surface area contributed by atoms with Gasteiger partial charge in [-0.1, -0.05) is 42.8 Å². The van der Waals surface area contributed by atoms with Crippen molar-refractivity contribution in [3.63, 3.8) is 0 Å². The van der Waals surface area contributed by atoms with Crippen molar-refractivity contribution in [2.45, 2.75) is 43.6 Å². The van der Waals surface area contributed by atoms with Gasteiger partial charge in [0, 0.05) is 11.4 Å². The average molecular weight is 351 g/mol. The van der Waals surface area contributed by atoms with E-state index in [0.29, 0.717) is 10.6 Å². The highest BCUT2D eigenvalue weighted by atomic mass is 32.2. The molecule has 1 N–H and O–H groups in total. The summed E-state index contributed by atoms with van der Waals surface area (Å²) in [6.07, 6.45) is 6.75. The number of carbonyl (C=O) groups is 1. The fourth-order valence-electron chi connectivity index (χ4n) is 3.01. The summed E-state index contributed by atoms with van der Waals surface area (Å²) in [6.45, 7) is 0. The molecule has 1 aliphatic rings. The first-order valence-corrected chi connectivity index (χ1v) is 9.65. The van der Waals surface area contributed by atoms with E-state index in [2.05, 4.69) is 11.4 Å². The molecule has 3 rings (SSSR count). The number of rotatable bonds is 4. The highest BCUT2D eigenvalue weighted by Crippen LogP contribution is 2.26. The van der Waals surface area contributed by atoms with Crippen LogP contribution < -0.4 is 5.32 Å². The number of hydrogen-bond donors (Lipinski definition) is 1. The number of anilines is 1. The van der Waals surface area contributed by atoms with Gasteiger partial charge in [-0.2, -0.15) is 5.26 Å². The molecular weight excluding hydrogens is 330 g/mol. The van der Waals surface area contributed by atoms with Crippen LogP contribution >= 0.6 is 11.8 Å². The maximum Gasteiger partial charge on any atom is 0.234 e. The number of carbonyl (C=O) groups excluding carboxylic acids is 1. The minimum atomic E-state index is -0.0892. The van der Waals surface area contributed by atoms with E-state index < -0.39 is 0 Å². The topological polar surface area (TPSA) is 65.8 Å². The number of aryl methyl sites for hydroxylation is 2. The number of benzene rings is 1. The molecule has 5 heteroatoms. The molecule has 0 aliphatic heterocycles. The highest BCUT2D eigenvalue weighted by molar-refractivity contribution is 8.00. The Kier molecular flexibility index (Phi) is 6.08. The number of nitrogens with one attached hydrogen (secondary N) is 1. The standard InChI is InChI=1S/C20H21N3OS/c21-13-16-12-15-8-4-1-2-7-11-18(15)23-20(16)25-14-19(24)22-17-9-5-3-6-10-17/h3,5-6,9-10,12H,1-2,4,7-8,11,14H2,(H,22,24). The van der Waals surface area contributed by atoms with Crippen LogP contribution in [0.15, 0.2) is 41.4 Å². The zero-order valence-corrected chi connectivity index (χ0v) is 14.9. The lowest BCUT2D eigenvalue weighted by Crippen LogP contribution is -2.14. The zero-order chi connectivity index (χ0) is 17.5. The molecule has 1 aromatic heterocycles. The lowest BCUT2D eigenvalue weighted by Gasteiger charge is -2.15. The zero-order valence-electron chi connectivity index (χ0n) is 14.1. The van der Waals surface area contributed by atoms with Crippen molar-refractivity contribution in [2.75, 3.05) is 11.1 Å². The van der Waals surface area contributed by atoms with Crippen LogP contribution in [0.4, 0.5) is 5.69 Å². The minimum absolute atomic E-state index is 0.0892. The minimum Gasteiger partial charge on any atom is -0.325 e. The van der Waals surface area contributed by atoms with Crippen LogP contribution in [0.25, 0.3) is 0 Å². The first-order chi connectivity index (χ1) is 12.3. The fourth-order valence-corrected chi connectivity index (χ4v) is 3.79. The average Bonchev–Trinajstić information content (AvgIpc) is 2.61. The normalized spacial score (nSPS) is 13.9. The lowest BCUT2D eigenvalue weighted by molar-refractivity contribution is -0.113. The third-order valence-electron chi connectivity index (χ3n) is 4.28. The molecule has 4 nitrogen and oxygen atoms in total. The quantitative estimate of drug-likeness (QED) is 0.832. The summed E-state index contributed by atoms with van der Waals surface area (Å²) in [5, 5.41) is 13.0. The van der Waals surface area contributed by atoms with Gasteiger partial charge in [0.25, 0.3) is 0 Å². The van der Waals surface area contributed by atoms with Crippen molar-refractivity contribution >= 4 is 23.4 Å². The van der Waals surface area contributed by atoms with Gasteiger partial charge in [-0.15, -0.1) is 0 Å². The second kappa shape index (κ2) is 8.68. The molecule has 0 fully saturated rings. The molecular formula is C20H21N3OS. The summed E-state index contributed by atoms with van der Waals surface area (Å²) in [7, 11) is 0. The van der Waals surface area contributed by atoms with Gasteiger partial charge in [0.15, 0.2) is 0 Å². The van der Waals surface area contributed by atoms with E-state index >= 15 is 0 Å². The number of amides is 1. The Labute approximate surface area is 152 Å². The van der Waals surface area contributed by atoms with Gasteiger partial charge in [0.2, 0.25) is 5.91 Å². The molecule has 1 aliphatic carbocycles. The number of fused-ring (bicyclic) bond motifs is 1. The van der Waals surface area contributed by atoms with Gasteiger partial charge < -0.3 is 5.32 Å². The van der Waals surface area contributed by atoms with Crippen molar-refractivity contribution < 1.29 is 4.79 Å². The maximum absolute atomic E-state index is 12.1. The summed E-state index contributed by atoms with van der Waals surface area (Å²) in [6, 6.07) is 13.6. The van der Waals surface area contributed by atoms with Crippen LogP contribution in [0.2, 0.25) is 0 Å². The van der Waals surface area contributed by atoms with Crippen LogP contribution in [0.3, 0.4) is 0 Å². The van der Waals surface area contributed by atoms with Crippen molar-refractivity contribution in [1.29, 1.82) is 5.26 Å². The predicted molar refractivity (Wildman–Crippen MR) is 101 cm³/mol. The molecule has 0 radical (unpaired) electrons. The molecule has 25 heavy (non-hydrogen) atoms. The number of nitriles is 1. The molecule has 0 spiro atoms. The van der Waals surface area contributed by atoms with Crippen LogP contribution in [0, 0.1) is 11.3 Å². The van der Waals surface area contributed by atoms with Crippen LogP contribution in [-0.2, 0) is 17.6 Å². The Bertz CT molecular complexity index is 784. The van der Waals surface area contributed by atoms with E-state index in [4.69, 9.17) is 4.98 Å². The SMILES string of the molecule is N#Cc1cc2c(nc1SCC(=O)Nc1ccccc1)CCCCCC2. The van der Waals surface area contributed by atoms with E-state index in [9.17, 15) is 10.1 Å². The highest BCUT2D eigenvalue weighted by Gasteiger charge is 2.15. The summed E-state index contributed by atoms with van der Waals surface area (Å²) >= 11 is 1.34. The molecule has 0 atom stereocenters. The molecule has 0 unspecified atom stereocenters. The van der Waals surface area contributed by atoms with Gasteiger partial charge in [-0.25, -0.2) is 4.98 Å². The number of aromatic nitrogens is 1. The van der Waals surface area contributed by atoms with Crippen molar-refractivity contribution in [3.05, 3.63) is 53.2 Å². The lowest BCUT2D eigenvalue weighted by atomic mass is 9.96. The fraction of sp³-hybridized carbons (Fsp3) is 0.350. The first-order valence-electron chi connectivity index (χ1n) is 8.67. The second-order valence-electron chi connectivity index (χ2n) is 6.18. The summed E-state index contributed by atoms with van der Waals surface area (Å²) < 4.78 is 0. The Balaban J connectivity index is 1.70. The van der Waals surface area contributed by atoms with Gasteiger partial charge >= 0.3 is 0 Å². The largest absolute Gasteiger partial charge is 0.325 e. The second-order valence-corrected chi connectivity index (χ2v) is 7.14. The Morgan fingerprint density at radius 2 is 1.92 bits per heavy atom. The number of pyridine rings is 1. The molecule has 1 amide bonds. The van der Waals surface area contributed by atoms with Crippen molar-refractivity contribution in [3.8, 4) is 6.07 Å². The van der Waals surface area contributed by atoms with Crippen LogP contribution in [-0.4, -0.2) is 16.6 Å². The predicted octanol–water partition coefficient (Wildman–Crippen LogP) is 4.34. The molecule has 0 saturated heterocycles. The third kappa shape index (κ3) is 4.83. The van der Waals surface area contributed by atoms with Crippen LogP contribution in [0.5, 0.6) is 0 Å². The molecule has 128 valence electrons. The summed E-state index contributed by atoms with van der Waals surface area (Å²) in [5.74, 6) is 0.156. The van der Waals surface area contributed by atoms with E-state index in [-0.39, 0.29) is 11.7 Å². The smallest absolute Gasteiger partial charge is 0.234 e. The number of nitrogens with zero attached hydrogens (tertiary/aromatic N) is 2. The maximum atomic E-state index is 12.1. The molecule has 1 aromatic carbocycles. The van der Waals surface area contributed by atoms with Gasteiger partial charge in [0.05, 0.1) is 11.3 Å². The number of thioether (sulfide) groups is 1. The Hall–Kier alpha value is -2.32. The van der Waals surface area contributed by atoms with E-state index in [0.717, 1.165) is 37.1 Å². The molecule has 0 bridgehead atoms. The van der Waals surface area contributed by atoms with Crippen LogP contribution in [0.1, 0.15) is 42.5 Å². The third-order valence-corrected chi connectivity index (χ3v) is 5.27. The molecule has 1 heterocycles. The van der Waals surface area contributed by atoms with E-state index in [1.165, 1.54) is 30.2 Å². The molecule has 2 aromatic rings. The monoisotopic (exact) mass is 351 g/mol. The summed E-state index contributed by atoms with van der Waals surface area (Å²) in [4.78, 5) is 16.9. The number of para-hydroxylation sites is 1. The number of hydrogen-bond acceptors (Lipinski definition) is 4. The summed E-state index contributed by atoms with van der Waals surface area (Å²) in [5.41, 5.74) is 3.66. The van der Waals surface area contributed by atoms with Gasteiger partial charge in [-0.05, 0) is 49.4 Å². The van der Waals surface area contributed by atoms with Crippen molar-refractivity contribution in [1.82, 2.24) is 4.98 Å². The van der Waals surface area contributed by atoms with E-state index in [1.54, 1.807) is 0 Å². The Morgan fingerprint density at radius 1 is 1.16 bits per heavy atom. The molecule has 0 saturated carbocycles.